The van der Waals surface area contributed by atoms with Gasteiger partial charge in [-0.15, -0.1) is 10.2 Å². The van der Waals surface area contributed by atoms with Gasteiger partial charge in [0.15, 0.2) is 11.0 Å². The largest absolute Gasteiger partial charge is 0.305 e. The minimum atomic E-state index is -0.797. The SMILES string of the molecule is Cn1c(Sc2c(F)cccc2F)nnc1-c1c(F)cccc1F. The van der Waals surface area contributed by atoms with E-state index in [-0.39, 0.29) is 21.4 Å². The molecular formula is C15H9F4N3S. The molecule has 0 aliphatic carbocycles. The average molecular weight is 339 g/mol. The van der Waals surface area contributed by atoms with E-state index in [2.05, 4.69) is 10.2 Å². The molecule has 0 bridgehead atoms. The van der Waals surface area contributed by atoms with Crippen LogP contribution in [0.2, 0.25) is 0 Å². The van der Waals surface area contributed by atoms with Gasteiger partial charge in [0.05, 0.1) is 10.5 Å². The number of aromatic nitrogens is 3. The Labute approximate surface area is 133 Å². The third kappa shape index (κ3) is 2.81. The average Bonchev–Trinajstić information content (AvgIpc) is 2.84. The van der Waals surface area contributed by atoms with Gasteiger partial charge >= 0.3 is 0 Å². The summed E-state index contributed by atoms with van der Waals surface area (Å²) in [7, 11) is 1.46. The number of halogens is 4. The summed E-state index contributed by atoms with van der Waals surface area (Å²) >= 11 is 0.689. The van der Waals surface area contributed by atoms with Crippen molar-refractivity contribution in [2.24, 2.45) is 7.05 Å². The molecule has 2 aromatic carbocycles. The molecular weight excluding hydrogens is 330 g/mol. The molecule has 1 aromatic heterocycles. The van der Waals surface area contributed by atoms with E-state index in [1.807, 2.05) is 0 Å². The summed E-state index contributed by atoms with van der Waals surface area (Å²) in [4.78, 5) is -0.261. The second kappa shape index (κ2) is 6.04. The normalized spacial score (nSPS) is 11.0. The number of hydrogen-bond acceptors (Lipinski definition) is 3. The highest BCUT2D eigenvalue weighted by Gasteiger charge is 2.20. The van der Waals surface area contributed by atoms with Crippen molar-refractivity contribution >= 4 is 11.8 Å². The van der Waals surface area contributed by atoms with Gasteiger partial charge in [0.1, 0.15) is 23.3 Å². The highest BCUT2D eigenvalue weighted by atomic mass is 32.2. The lowest BCUT2D eigenvalue weighted by Gasteiger charge is -2.06. The van der Waals surface area contributed by atoms with Gasteiger partial charge < -0.3 is 4.57 Å². The van der Waals surface area contributed by atoms with Crippen molar-refractivity contribution in [2.45, 2.75) is 10.1 Å². The van der Waals surface area contributed by atoms with Gasteiger partial charge in [-0.1, -0.05) is 12.1 Å². The highest BCUT2D eigenvalue weighted by molar-refractivity contribution is 7.99. The molecule has 1 heterocycles. The van der Waals surface area contributed by atoms with Crippen LogP contribution in [0.15, 0.2) is 46.5 Å². The van der Waals surface area contributed by atoms with Crippen molar-refractivity contribution in [2.75, 3.05) is 0 Å². The molecule has 0 aliphatic rings. The van der Waals surface area contributed by atoms with Gasteiger partial charge in [-0.2, -0.15) is 0 Å². The molecule has 0 fully saturated rings. The summed E-state index contributed by atoms with van der Waals surface area (Å²) in [5.74, 6) is -3.17. The van der Waals surface area contributed by atoms with Gasteiger partial charge in [-0.05, 0) is 36.0 Å². The molecule has 0 amide bonds. The van der Waals surface area contributed by atoms with Gasteiger partial charge in [-0.25, -0.2) is 17.6 Å². The summed E-state index contributed by atoms with van der Waals surface area (Å²) < 4.78 is 56.3. The van der Waals surface area contributed by atoms with Gasteiger partial charge in [-0.3, -0.25) is 0 Å². The lowest BCUT2D eigenvalue weighted by molar-refractivity contribution is 0.540. The Hall–Kier alpha value is -2.35. The Balaban J connectivity index is 2.04. The van der Waals surface area contributed by atoms with E-state index in [0.717, 1.165) is 24.3 Å². The molecule has 0 saturated carbocycles. The molecule has 118 valence electrons. The predicted octanol–water partition coefficient (Wildman–Crippen LogP) is 4.19. The maximum Gasteiger partial charge on any atom is 0.196 e. The Kier molecular flexibility index (Phi) is 4.08. The molecule has 23 heavy (non-hydrogen) atoms. The number of benzene rings is 2. The van der Waals surface area contributed by atoms with E-state index in [1.165, 1.54) is 23.7 Å². The minimum absolute atomic E-state index is 0.0696. The smallest absolute Gasteiger partial charge is 0.196 e. The molecule has 8 heteroatoms. The predicted molar refractivity (Wildman–Crippen MR) is 76.8 cm³/mol. The first-order valence-electron chi connectivity index (χ1n) is 6.44. The molecule has 3 rings (SSSR count). The van der Waals surface area contributed by atoms with Crippen molar-refractivity contribution in [3.05, 3.63) is 59.7 Å². The first kappa shape index (κ1) is 15.5. The molecule has 0 radical (unpaired) electrons. The summed E-state index contributed by atoms with van der Waals surface area (Å²) in [5.41, 5.74) is -0.344. The van der Waals surface area contributed by atoms with Crippen LogP contribution in [-0.4, -0.2) is 14.8 Å². The summed E-state index contributed by atoms with van der Waals surface area (Å²) in [6.07, 6.45) is 0. The van der Waals surface area contributed by atoms with Crippen molar-refractivity contribution in [3.8, 4) is 11.4 Å². The Bertz CT molecular complexity index is 839. The zero-order valence-electron chi connectivity index (χ0n) is 11.7. The van der Waals surface area contributed by atoms with E-state index in [1.54, 1.807) is 0 Å². The molecule has 0 atom stereocenters. The van der Waals surface area contributed by atoms with Gasteiger partial charge in [0.25, 0.3) is 0 Å². The molecule has 0 unspecified atom stereocenters. The fourth-order valence-corrected chi connectivity index (χ4v) is 2.82. The Morgan fingerprint density at radius 2 is 1.35 bits per heavy atom. The molecule has 0 N–H and O–H groups in total. The fraction of sp³-hybridized carbons (Fsp3) is 0.0667. The summed E-state index contributed by atoms with van der Waals surface area (Å²) in [6.45, 7) is 0. The van der Waals surface area contributed by atoms with Crippen molar-refractivity contribution in [1.29, 1.82) is 0 Å². The molecule has 3 nitrogen and oxygen atoms in total. The molecule has 0 saturated heterocycles. The Morgan fingerprint density at radius 3 is 1.91 bits per heavy atom. The van der Waals surface area contributed by atoms with E-state index in [4.69, 9.17) is 0 Å². The second-order valence-corrected chi connectivity index (χ2v) is 5.59. The van der Waals surface area contributed by atoms with E-state index in [0.29, 0.717) is 11.8 Å². The summed E-state index contributed by atoms with van der Waals surface area (Å²) in [6, 6.07) is 6.88. The van der Waals surface area contributed by atoms with Crippen LogP contribution >= 0.6 is 11.8 Å². The summed E-state index contributed by atoms with van der Waals surface area (Å²) in [5, 5.41) is 7.59. The third-order valence-electron chi connectivity index (χ3n) is 3.13. The monoisotopic (exact) mass is 339 g/mol. The van der Waals surface area contributed by atoms with Crippen molar-refractivity contribution in [1.82, 2.24) is 14.8 Å². The lowest BCUT2D eigenvalue weighted by Crippen LogP contribution is -1.99. The van der Waals surface area contributed by atoms with Gasteiger partial charge in [0.2, 0.25) is 0 Å². The van der Waals surface area contributed by atoms with Crippen molar-refractivity contribution in [3.63, 3.8) is 0 Å². The molecule has 0 spiro atoms. The molecule has 3 aromatic rings. The van der Waals surface area contributed by atoms with Crippen molar-refractivity contribution < 1.29 is 17.6 Å². The van der Waals surface area contributed by atoms with Gasteiger partial charge in [0, 0.05) is 7.05 Å². The highest BCUT2D eigenvalue weighted by Crippen LogP contribution is 2.33. The lowest BCUT2D eigenvalue weighted by atomic mass is 10.2. The van der Waals surface area contributed by atoms with Crippen LogP contribution in [0.1, 0.15) is 0 Å². The quantitative estimate of drug-likeness (QED) is 0.671. The minimum Gasteiger partial charge on any atom is -0.305 e. The first-order valence-corrected chi connectivity index (χ1v) is 7.26. The zero-order chi connectivity index (χ0) is 16.6. The van der Waals surface area contributed by atoms with E-state index in [9.17, 15) is 17.6 Å². The van der Waals surface area contributed by atoms with Crippen LogP contribution in [0.4, 0.5) is 17.6 Å². The number of rotatable bonds is 3. The van der Waals surface area contributed by atoms with Crippen LogP contribution in [0, 0.1) is 23.3 Å². The van der Waals surface area contributed by atoms with Crippen LogP contribution in [-0.2, 0) is 7.05 Å². The second-order valence-electron chi connectivity index (χ2n) is 4.61. The first-order chi connectivity index (χ1) is 11.0. The van der Waals surface area contributed by atoms with Crippen LogP contribution < -0.4 is 0 Å². The maximum atomic E-state index is 13.8. The number of nitrogens with zero attached hydrogens (tertiary/aromatic N) is 3. The third-order valence-corrected chi connectivity index (χ3v) is 4.27. The molecule has 0 aliphatic heterocycles. The van der Waals surface area contributed by atoms with Crippen LogP contribution in [0.3, 0.4) is 0 Å². The van der Waals surface area contributed by atoms with E-state index < -0.39 is 23.3 Å². The maximum absolute atomic E-state index is 13.8. The zero-order valence-corrected chi connectivity index (χ0v) is 12.5. The van der Waals surface area contributed by atoms with Crippen LogP contribution in [0.5, 0.6) is 0 Å². The standard InChI is InChI=1S/C15H9F4N3S/c1-22-14(12-8(16)4-2-5-9(12)17)20-21-15(22)23-13-10(18)6-3-7-11(13)19/h2-7H,1H3. The Morgan fingerprint density at radius 1 is 0.826 bits per heavy atom. The van der Waals surface area contributed by atoms with E-state index >= 15 is 0 Å². The number of hydrogen-bond donors (Lipinski definition) is 0. The topological polar surface area (TPSA) is 30.7 Å². The van der Waals surface area contributed by atoms with Crippen LogP contribution in [0.25, 0.3) is 11.4 Å². The fourth-order valence-electron chi connectivity index (χ4n) is 2.00.